The zero-order valence-corrected chi connectivity index (χ0v) is 37.4. The first kappa shape index (κ1) is 51.3. The minimum absolute atomic E-state index is 0.0288. The molecule has 0 aliphatic rings. The highest BCUT2D eigenvalue weighted by Gasteiger charge is 2.33. The van der Waals surface area contributed by atoms with Gasteiger partial charge < -0.3 is 38.5 Å². The number of hydrogen-bond donors (Lipinski definition) is 4. The minimum Gasteiger partial charge on any atom is -0.481 e. The molecule has 18 nitrogen and oxygen atoms in total. The van der Waals surface area contributed by atoms with Crippen LogP contribution in [0.1, 0.15) is 52.9 Å². The lowest BCUT2D eigenvalue weighted by molar-refractivity contribution is -0.147. The van der Waals surface area contributed by atoms with Crippen LogP contribution in [0.2, 0.25) is 20.1 Å². The molecule has 8 rings (SSSR count). The lowest BCUT2D eigenvalue weighted by Gasteiger charge is -2.17. The normalized spacial score (nSPS) is 12.0. The maximum atomic E-state index is 13.1. The number of carboxylic acids is 3. The van der Waals surface area contributed by atoms with Crippen LogP contribution in [0.3, 0.4) is 0 Å². The molecule has 28 heteroatoms. The Morgan fingerprint density at radius 1 is 0.667 bits per heavy atom. The van der Waals surface area contributed by atoms with E-state index in [0.717, 1.165) is 33.3 Å². The molecule has 6 aromatic heterocycles. The van der Waals surface area contributed by atoms with E-state index in [9.17, 15) is 45.5 Å². The number of benzene rings is 2. The van der Waals surface area contributed by atoms with Crippen molar-refractivity contribution in [1.29, 1.82) is 0 Å². The van der Waals surface area contributed by atoms with E-state index in [1.165, 1.54) is 24.5 Å². The molecule has 0 spiro atoms. The quantitative estimate of drug-likeness (QED) is 0.0504. The van der Waals surface area contributed by atoms with Crippen LogP contribution in [0.15, 0.2) is 82.4 Å². The third-order valence-electron chi connectivity index (χ3n) is 9.10. The molecule has 1 atom stereocenters. The molecule has 2 aromatic carbocycles. The number of imidazole rings is 2. The second-order valence-electron chi connectivity index (χ2n) is 14.0. The maximum absolute atomic E-state index is 13.1. The van der Waals surface area contributed by atoms with Gasteiger partial charge in [0, 0.05) is 47.5 Å². The summed E-state index contributed by atoms with van der Waals surface area (Å²) < 4.78 is 90.7. The lowest BCUT2D eigenvalue weighted by atomic mass is 10.0. The SMILES string of the molecule is CCNC(CC(=O)O)c1ccc(-c2noc(-c3cn4cc(C(F)(F)F)cc(Cl)c4n3)n2)c(Cl)c1.O=C(O)CC(=O)O.O=Cc1ccc(-c2noc(-c3cn4cc(C(F)(F)F)cc(Cl)c4n3)n2)c(Cl)c1. The number of nitrogens with zero attached hydrogens (tertiary/aromatic N) is 8. The van der Waals surface area contributed by atoms with E-state index >= 15 is 0 Å². The number of halogens is 10. The fraction of sp³-hybridized carbons (Fsp3) is 0.171. The lowest BCUT2D eigenvalue weighted by Crippen LogP contribution is -2.23. The standard InChI is InChI=1S/C21H16Cl2F3N5O3.C17H7Cl2F3N4O2.C3H4O4/c1-2-27-15(7-17(32)33)10-3-4-12(13(22)5-10)18-29-20(34-30-18)16-9-31-8-11(21(24,25)26)6-14(23)19(31)28-16;18-11-3-8(7-27)1-2-10(11)14-24-16(28-25-14)13-6-26-5-9(17(20,21)22)4-12(19)15(26)23-13;4-2(5)1-3(6)7/h3-6,8-9,15,27H,2,7H2,1H3,(H,32,33);1-7H;1H2,(H,4,5)(H,6,7). The first-order valence-electron chi connectivity index (χ1n) is 19.1. The number of alkyl halides is 6. The van der Waals surface area contributed by atoms with Gasteiger partial charge in [-0.05, 0) is 48.5 Å². The van der Waals surface area contributed by atoms with Crippen molar-refractivity contribution in [2.45, 2.75) is 38.2 Å². The fourth-order valence-electron chi connectivity index (χ4n) is 6.08. The average Bonchev–Trinajstić information content (AvgIpc) is 4.09. The number of aliphatic carboxylic acids is 3. The van der Waals surface area contributed by atoms with Crippen LogP contribution in [-0.4, -0.2) is 85.1 Å². The van der Waals surface area contributed by atoms with Crippen molar-refractivity contribution in [3.8, 4) is 45.9 Å². The number of rotatable bonds is 12. The van der Waals surface area contributed by atoms with Gasteiger partial charge in [0.1, 0.15) is 24.1 Å². The number of hydrogen-bond acceptors (Lipinski definition) is 13. The predicted octanol–water partition coefficient (Wildman–Crippen LogP) is 10.2. The Kier molecular flexibility index (Phi) is 15.6. The largest absolute Gasteiger partial charge is 0.481 e. The van der Waals surface area contributed by atoms with Crippen LogP contribution >= 0.6 is 46.4 Å². The van der Waals surface area contributed by atoms with Gasteiger partial charge in [0.15, 0.2) is 11.3 Å². The molecular formula is C41H27Cl4F6N9O9. The Morgan fingerprint density at radius 2 is 1.13 bits per heavy atom. The number of carbonyl (C=O) groups is 4. The number of fused-ring (bicyclic) bond motifs is 2. The van der Waals surface area contributed by atoms with Gasteiger partial charge in [-0.1, -0.05) is 75.8 Å². The van der Waals surface area contributed by atoms with Crippen LogP contribution < -0.4 is 5.32 Å². The first-order chi connectivity index (χ1) is 32.4. The highest BCUT2D eigenvalue weighted by Crippen LogP contribution is 2.36. The van der Waals surface area contributed by atoms with Gasteiger partial charge in [-0.2, -0.15) is 36.3 Å². The molecule has 6 heterocycles. The van der Waals surface area contributed by atoms with Gasteiger partial charge in [0.05, 0.1) is 37.6 Å². The minimum atomic E-state index is -4.57. The van der Waals surface area contributed by atoms with Crippen molar-refractivity contribution in [3.63, 3.8) is 0 Å². The number of carboxylic acid groups (broad SMARTS) is 3. The summed E-state index contributed by atoms with van der Waals surface area (Å²) >= 11 is 24.4. The highest BCUT2D eigenvalue weighted by atomic mass is 35.5. The van der Waals surface area contributed by atoms with Crippen LogP contribution in [0.25, 0.3) is 57.2 Å². The third-order valence-corrected chi connectivity index (χ3v) is 10.3. The van der Waals surface area contributed by atoms with Gasteiger partial charge >= 0.3 is 30.3 Å². The highest BCUT2D eigenvalue weighted by molar-refractivity contribution is 6.34. The monoisotopic (exact) mass is 1040 g/mol. The van der Waals surface area contributed by atoms with Gasteiger partial charge in [-0.15, -0.1) is 0 Å². The van der Waals surface area contributed by atoms with Gasteiger partial charge in [0.25, 0.3) is 11.8 Å². The average molecular weight is 1050 g/mol. The van der Waals surface area contributed by atoms with Crippen LogP contribution in [0.5, 0.6) is 0 Å². The van der Waals surface area contributed by atoms with Gasteiger partial charge in [-0.3, -0.25) is 19.2 Å². The fourth-order valence-corrected chi connectivity index (χ4v) is 7.14. The summed E-state index contributed by atoms with van der Waals surface area (Å²) in [5.74, 6) is -3.39. The van der Waals surface area contributed by atoms with Gasteiger partial charge in [-0.25, -0.2) is 9.97 Å². The molecule has 0 bridgehead atoms. The summed E-state index contributed by atoms with van der Waals surface area (Å²) in [4.78, 5) is 57.6. The van der Waals surface area contributed by atoms with Crippen LogP contribution in [-0.2, 0) is 26.7 Å². The van der Waals surface area contributed by atoms with Crippen molar-refractivity contribution >= 4 is 81.9 Å². The zero-order chi connectivity index (χ0) is 50.5. The Bertz CT molecular complexity index is 3220. The van der Waals surface area contributed by atoms with E-state index < -0.39 is 53.9 Å². The van der Waals surface area contributed by atoms with Crippen molar-refractivity contribution in [1.82, 2.24) is 44.4 Å². The molecular weight excluding hydrogens is 1020 g/mol. The molecule has 4 N–H and O–H groups in total. The molecule has 0 aliphatic heterocycles. The molecule has 0 fully saturated rings. The second kappa shape index (κ2) is 21.0. The van der Waals surface area contributed by atoms with E-state index in [-0.39, 0.29) is 72.6 Å². The number of pyridine rings is 2. The Hall–Kier alpha value is -7.12. The van der Waals surface area contributed by atoms with Gasteiger partial charge in [0.2, 0.25) is 11.6 Å². The topological polar surface area (TPSA) is 253 Å². The summed E-state index contributed by atoms with van der Waals surface area (Å²) in [7, 11) is 0. The Labute approximate surface area is 401 Å². The maximum Gasteiger partial charge on any atom is 0.417 e. The summed E-state index contributed by atoms with van der Waals surface area (Å²) in [5, 5.41) is 35.5. The third kappa shape index (κ3) is 12.5. The summed E-state index contributed by atoms with van der Waals surface area (Å²) in [6, 6.07) is 10.6. The van der Waals surface area contributed by atoms with E-state index in [2.05, 4.69) is 35.6 Å². The van der Waals surface area contributed by atoms with Crippen LogP contribution in [0.4, 0.5) is 26.3 Å². The zero-order valence-electron chi connectivity index (χ0n) is 34.4. The molecule has 360 valence electrons. The molecule has 0 aliphatic carbocycles. The van der Waals surface area contributed by atoms with E-state index in [0.29, 0.717) is 35.1 Å². The molecule has 0 amide bonds. The molecule has 69 heavy (non-hydrogen) atoms. The van der Waals surface area contributed by atoms with Crippen LogP contribution in [0, 0.1) is 0 Å². The number of carbonyl (C=O) groups excluding carboxylic acids is 1. The molecule has 0 saturated carbocycles. The number of aldehydes is 1. The molecule has 0 saturated heterocycles. The van der Waals surface area contributed by atoms with Crippen molar-refractivity contribution in [2.24, 2.45) is 0 Å². The molecule has 0 radical (unpaired) electrons. The Balaban J connectivity index is 0.000000202. The smallest absolute Gasteiger partial charge is 0.417 e. The van der Waals surface area contributed by atoms with Crippen molar-refractivity contribution in [2.75, 3.05) is 6.54 Å². The predicted molar refractivity (Wildman–Crippen MR) is 232 cm³/mol. The van der Waals surface area contributed by atoms with E-state index in [1.54, 1.807) is 24.3 Å². The number of aromatic nitrogens is 8. The van der Waals surface area contributed by atoms with E-state index in [1.807, 2.05) is 6.92 Å². The summed E-state index contributed by atoms with van der Waals surface area (Å²) in [5.41, 5.74) is 0.535. The number of nitrogens with one attached hydrogen (secondary N) is 1. The summed E-state index contributed by atoms with van der Waals surface area (Å²) in [6.07, 6.45) is -5.08. The summed E-state index contributed by atoms with van der Waals surface area (Å²) in [6.45, 7) is 2.43. The van der Waals surface area contributed by atoms with E-state index in [4.69, 9.17) is 70.8 Å². The molecule has 1 unspecified atom stereocenters. The second-order valence-corrected chi connectivity index (χ2v) is 15.6. The van der Waals surface area contributed by atoms with Crippen molar-refractivity contribution in [3.05, 3.63) is 116 Å². The first-order valence-corrected chi connectivity index (χ1v) is 20.6. The molecule has 8 aromatic rings. The Morgan fingerprint density at radius 3 is 1.51 bits per heavy atom. The van der Waals surface area contributed by atoms with Crippen molar-refractivity contribution < 1.29 is 69.9 Å².